The molecule has 1 saturated heterocycles. The predicted molar refractivity (Wildman–Crippen MR) is 139 cm³/mol. The van der Waals surface area contributed by atoms with E-state index in [0.29, 0.717) is 40.3 Å². The van der Waals surface area contributed by atoms with E-state index in [-0.39, 0.29) is 18.3 Å². The predicted octanol–water partition coefficient (Wildman–Crippen LogP) is 5.35. The Balaban J connectivity index is 1.70. The van der Waals surface area contributed by atoms with E-state index >= 15 is 0 Å². The third kappa shape index (κ3) is 6.18. The van der Waals surface area contributed by atoms with Gasteiger partial charge in [-0.3, -0.25) is 14.5 Å². The van der Waals surface area contributed by atoms with Crippen LogP contribution in [0, 0.1) is 20.8 Å². The van der Waals surface area contributed by atoms with Crippen molar-refractivity contribution in [2.75, 3.05) is 20.8 Å². The van der Waals surface area contributed by atoms with Crippen molar-refractivity contribution in [2.24, 2.45) is 0 Å². The summed E-state index contributed by atoms with van der Waals surface area (Å²) < 4.78 is 16.7. The molecule has 0 aliphatic carbocycles. The summed E-state index contributed by atoms with van der Waals surface area (Å²) in [6, 6.07) is 9.89. The summed E-state index contributed by atoms with van der Waals surface area (Å²) in [6.45, 7) is 7.09. The smallest absolute Gasteiger partial charge is 0.305 e. The number of aryl methyl sites for hydroxylation is 3. The van der Waals surface area contributed by atoms with Crippen LogP contribution in [-0.4, -0.2) is 41.9 Å². The lowest BCUT2D eigenvalue weighted by atomic mass is 10.0. The maximum absolute atomic E-state index is 12.8. The van der Waals surface area contributed by atoms with Gasteiger partial charge in [0, 0.05) is 13.0 Å². The van der Waals surface area contributed by atoms with Crippen molar-refractivity contribution in [3.63, 3.8) is 0 Å². The lowest BCUT2D eigenvalue weighted by Crippen LogP contribution is -2.29. The Kier molecular flexibility index (Phi) is 8.74. The molecule has 0 spiro atoms. The minimum absolute atomic E-state index is 0.163. The zero-order chi connectivity index (χ0) is 24.8. The number of carbonyl (C=O) groups excluding carboxylic acids is 2. The number of ether oxygens (including phenoxy) is 3. The van der Waals surface area contributed by atoms with E-state index < -0.39 is 0 Å². The number of esters is 1. The average molecular weight is 500 g/mol. The molecule has 0 N–H and O–H groups in total. The first kappa shape index (κ1) is 25.8. The van der Waals surface area contributed by atoms with Crippen LogP contribution >= 0.6 is 24.0 Å². The van der Waals surface area contributed by atoms with Crippen LogP contribution in [0.4, 0.5) is 0 Å². The third-order valence-electron chi connectivity index (χ3n) is 5.68. The maximum atomic E-state index is 12.8. The largest absolute Gasteiger partial charge is 0.493 e. The summed E-state index contributed by atoms with van der Waals surface area (Å²) in [6.07, 6.45) is 2.53. The van der Waals surface area contributed by atoms with Gasteiger partial charge in [-0.05, 0) is 73.2 Å². The zero-order valence-electron chi connectivity index (χ0n) is 20.1. The fraction of sp³-hybridized carbons (Fsp3) is 0.346. The molecule has 1 fully saturated rings. The van der Waals surface area contributed by atoms with Gasteiger partial charge in [-0.15, -0.1) is 0 Å². The Labute approximate surface area is 210 Å². The van der Waals surface area contributed by atoms with E-state index in [1.807, 2.05) is 18.2 Å². The lowest BCUT2D eigenvalue weighted by Gasteiger charge is -2.14. The number of hydrogen-bond donors (Lipinski definition) is 0. The Morgan fingerprint density at radius 2 is 1.79 bits per heavy atom. The molecular formula is C26H29NO5S2. The summed E-state index contributed by atoms with van der Waals surface area (Å²) in [5.41, 5.74) is 5.62. The first-order chi connectivity index (χ1) is 16.2. The molecule has 1 amide bonds. The van der Waals surface area contributed by atoms with Gasteiger partial charge in [-0.25, -0.2) is 0 Å². The van der Waals surface area contributed by atoms with Gasteiger partial charge in [0.15, 0.2) is 11.5 Å². The van der Waals surface area contributed by atoms with E-state index in [1.165, 1.54) is 40.5 Å². The third-order valence-corrected chi connectivity index (χ3v) is 7.06. The highest BCUT2D eigenvalue weighted by Gasteiger charge is 2.31. The number of thioether (sulfide) groups is 1. The summed E-state index contributed by atoms with van der Waals surface area (Å²) in [7, 11) is 2.94. The van der Waals surface area contributed by atoms with Crippen LogP contribution < -0.4 is 9.47 Å². The number of methoxy groups -OCH3 is 2. The van der Waals surface area contributed by atoms with Gasteiger partial charge in [-0.1, -0.05) is 42.2 Å². The van der Waals surface area contributed by atoms with Gasteiger partial charge in [-0.2, -0.15) is 0 Å². The van der Waals surface area contributed by atoms with Crippen LogP contribution in [0.15, 0.2) is 35.2 Å². The number of carbonyl (C=O) groups is 2. The molecule has 2 aromatic carbocycles. The average Bonchev–Trinajstić information content (AvgIpc) is 3.08. The molecule has 1 heterocycles. The number of benzene rings is 2. The summed E-state index contributed by atoms with van der Waals surface area (Å²) in [5, 5.41) is 0. The van der Waals surface area contributed by atoms with Crippen molar-refractivity contribution >= 4 is 46.3 Å². The van der Waals surface area contributed by atoms with Crippen LogP contribution in [0.25, 0.3) is 6.08 Å². The first-order valence-corrected chi connectivity index (χ1v) is 12.2. The van der Waals surface area contributed by atoms with E-state index in [9.17, 15) is 9.59 Å². The Hall–Kier alpha value is -2.84. The van der Waals surface area contributed by atoms with E-state index in [4.69, 9.17) is 21.7 Å². The zero-order valence-corrected chi connectivity index (χ0v) is 21.7. The molecule has 0 radical (unpaired) electrons. The molecule has 1 aliphatic heterocycles. The molecule has 0 aromatic heterocycles. The molecule has 8 heteroatoms. The van der Waals surface area contributed by atoms with E-state index in [2.05, 4.69) is 37.6 Å². The van der Waals surface area contributed by atoms with Crippen LogP contribution in [0.2, 0.25) is 0 Å². The van der Waals surface area contributed by atoms with Gasteiger partial charge in [0.25, 0.3) is 5.91 Å². The molecule has 0 saturated carbocycles. The van der Waals surface area contributed by atoms with Gasteiger partial charge in [0.2, 0.25) is 0 Å². The Morgan fingerprint density at radius 1 is 1.06 bits per heavy atom. The van der Waals surface area contributed by atoms with Crippen molar-refractivity contribution in [2.45, 2.75) is 40.2 Å². The summed E-state index contributed by atoms with van der Waals surface area (Å²) >= 11 is 6.61. The van der Waals surface area contributed by atoms with Crippen molar-refractivity contribution in [1.82, 2.24) is 4.90 Å². The van der Waals surface area contributed by atoms with Crippen molar-refractivity contribution in [3.8, 4) is 11.5 Å². The number of amides is 1. The highest BCUT2D eigenvalue weighted by molar-refractivity contribution is 8.26. The van der Waals surface area contributed by atoms with Crippen molar-refractivity contribution in [3.05, 3.63) is 63.1 Å². The molecule has 180 valence electrons. The second-order valence-corrected chi connectivity index (χ2v) is 9.75. The van der Waals surface area contributed by atoms with E-state index in [0.717, 1.165) is 11.1 Å². The molecular weight excluding hydrogens is 470 g/mol. The first-order valence-electron chi connectivity index (χ1n) is 10.9. The molecule has 34 heavy (non-hydrogen) atoms. The quantitative estimate of drug-likeness (QED) is 0.262. The fourth-order valence-corrected chi connectivity index (χ4v) is 4.86. The molecule has 3 rings (SSSR count). The fourth-order valence-electron chi connectivity index (χ4n) is 3.55. The molecule has 0 bridgehead atoms. The van der Waals surface area contributed by atoms with Crippen LogP contribution in [-0.2, 0) is 20.9 Å². The van der Waals surface area contributed by atoms with Gasteiger partial charge < -0.3 is 14.2 Å². The SMILES string of the molecule is COC(=O)CCCN1C(=O)/C(=C\c2ccc(OCc3cc(C)c(C)cc3C)c(OC)c2)SC1=S. The molecule has 1 aliphatic rings. The number of hydrogen-bond acceptors (Lipinski definition) is 7. The monoisotopic (exact) mass is 499 g/mol. The number of thiocarbonyl (C=S) groups is 1. The molecule has 6 nitrogen and oxygen atoms in total. The van der Waals surface area contributed by atoms with Crippen LogP contribution in [0.3, 0.4) is 0 Å². The standard InChI is InChI=1S/C26H29NO5S2/c1-16-11-18(3)20(12-17(16)2)15-32-21-9-8-19(13-22(21)30-4)14-23-25(29)27(26(33)34-23)10-6-7-24(28)31-5/h8-9,11-14H,6-7,10,15H2,1-5H3/b23-14+. The van der Waals surface area contributed by atoms with Gasteiger partial charge >= 0.3 is 5.97 Å². The highest BCUT2D eigenvalue weighted by atomic mass is 32.2. The van der Waals surface area contributed by atoms with Gasteiger partial charge in [0.05, 0.1) is 19.1 Å². The number of nitrogens with zero attached hydrogens (tertiary/aromatic N) is 1. The lowest BCUT2D eigenvalue weighted by molar-refractivity contribution is -0.141. The minimum Gasteiger partial charge on any atom is -0.493 e. The van der Waals surface area contributed by atoms with Crippen molar-refractivity contribution in [1.29, 1.82) is 0 Å². The summed E-state index contributed by atoms with van der Waals surface area (Å²) in [4.78, 5) is 26.2. The molecule has 0 atom stereocenters. The maximum Gasteiger partial charge on any atom is 0.305 e. The Bertz CT molecular complexity index is 1140. The van der Waals surface area contributed by atoms with Crippen LogP contribution in [0.5, 0.6) is 11.5 Å². The Morgan fingerprint density at radius 3 is 2.50 bits per heavy atom. The second kappa shape index (κ2) is 11.5. The highest BCUT2D eigenvalue weighted by Crippen LogP contribution is 2.35. The second-order valence-electron chi connectivity index (χ2n) is 8.07. The van der Waals surface area contributed by atoms with Crippen molar-refractivity contribution < 1.29 is 23.8 Å². The molecule has 2 aromatic rings. The number of rotatable bonds is 9. The van der Waals surface area contributed by atoms with Gasteiger partial charge in [0.1, 0.15) is 10.9 Å². The normalized spacial score (nSPS) is 14.6. The van der Waals surface area contributed by atoms with E-state index in [1.54, 1.807) is 13.2 Å². The minimum atomic E-state index is -0.303. The van der Waals surface area contributed by atoms with Crippen LogP contribution in [0.1, 0.15) is 40.7 Å². The molecule has 0 unspecified atom stereocenters. The summed E-state index contributed by atoms with van der Waals surface area (Å²) in [5.74, 6) is 0.754. The topological polar surface area (TPSA) is 65.1 Å².